The van der Waals surface area contributed by atoms with E-state index in [1.807, 2.05) is 19.9 Å². The molecule has 0 fully saturated rings. The molecule has 0 aliphatic heterocycles. The van der Waals surface area contributed by atoms with Crippen molar-refractivity contribution in [2.24, 2.45) is 0 Å². The highest BCUT2D eigenvalue weighted by Crippen LogP contribution is 2.12. The molecule has 2 amide bonds. The van der Waals surface area contributed by atoms with Crippen LogP contribution in [0.1, 0.15) is 17.8 Å². The second-order valence-corrected chi connectivity index (χ2v) is 5.65. The van der Waals surface area contributed by atoms with Gasteiger partial charge in [0.25, 0.3) is 0 Å². The lowest BCUT2D eigenvalue weighted by Gasteiger charge is -2.06. The highest BCUT2D eigenvalue weighted by molar-refractivity contribution is 7.99. The summed E-state index contributed by atoms with van der Waals surface area (Å²) in [5.74, 6) is 1.14. The number of amides is 2. The number of nitrogens with zero attached hydrogens (tertiary/aromatic N) is 4. The monoisotopic (exact) mass is 318 g/mol. The Kier molecular flexibility index (Phi) is 6.08. The zero-order chi connectivity index (χ0) is 15.8. The zero-order valence-electron chi connectivity index (χ0n) is 12.5. The van der Waals surface area contributed by atoms with Crippen molar-refractivity contribution in [2.45, 2.75) is 25.4 Å². The topological polar surface area (TPSA) is 92.7 Å². The Morgan fingerprint density at radius 1 is 1.14 bits per heavy atom. The van der Waals surface area contributed by atoms with Gasteiger partial charge < -0.3 is 5.32 Å². The number of hydrogen-bond acceptors (Lipinski definition) is 6. The largest absolute Gasteiger partial charge is 0.338 e. The van der Waals surface area contributed by atoms with E-state index in [0.717, 1.165) is 28.7 Å². The first-order valence-electron chi connectivity index (χ1n) is 6.90. The number of nitrogens with one attached hydrogen (secondary N) is 2. The van der Waals surface area contributed by atoms with Crippen LogP contribution in [0, 0.1) is 13.8 Å². The summed E-state index contributed by atoms with van der Waals surface area (Å²) < 4.78 is 0. The van der Waals surface area contributed by atoms with E-state index in [1.54, 1.807) is 30.2 Å². The number of urea groups is 1. The van der Waals surface area contributed by atoms with E-state index < -0.39 is 0 Å². The lowest BCUT2D eigenvalue weighted by atomic mass is 10.5. The van der Waals surface area contributed by atoms with Crippen LogP contribution >= 0.6 is 11.8 Å². The van der Waals surface area contributed by atoms with Gasteiger partial charge in [-0.25, -0.2) is 24.7 Å². The van der Waals surface area contributed by atoms with Crippen molar-refractivity contribution in [3.63, 3.8) is 0 Å². The third-order valence-electron chi connectivity index (χ3n) is 2.63. The van der Waals surface area contributed by atoms with Crippen molar-refractivity contribution < 1.29 is 4.79 Å². The van der Waals surface area contributed by atoms with E-state index in [1.165, 1.54) is 0 Å². The molecule has 8 heteroatoms. The fourth-order valence-electron chi connectivity index (χ4n) is 1.59. The quantitative estimate of drug-likeness (QED) is 0.482. The van der Waals surface area contributed by atoms with Crippen molar-refractivity contribution in [3.8, 4) is 0 Å². The van der Waals surface area contributed by atoms with Crippen LogP contribution in [0.15, 0.2) is 29.7 Å². The van der Waals surface area contributed by atoms with Gasteiger partial charge in [0.1, 0.15) is 0 Å². The van der Waals surface area contributed by atoms with E-state index in [0.29, 0.717) is 12.5 Å². The Balaban J connectivity index is 1.63. The SMILES string of the molecule is Cc1ccnc(NC(=O)NCCCSc2nccc(C)n2)n1. The highest BCUT2D eigenvalue weighted by Gasteiger charge is 2.03. The summed E-state index contributed by atoms with van der Waals surface area (Å²) >= 11 is 1.57. The van der Waals surface area contributed by atoms with Crippen LogP contribution < -0.4 is 10.6 Å². The standard InChI is InChI=1S/C14H18N6OS/c1-10-4-7-15-12(18-10)20-13(21)16-6-3-9-22-14-17-8-5-11(2)19-14/h4-5,7-8H,3,6,9H2,1-2H3,(H2,15,16,18,20,21). The normalized spacial score (nSPS) is 10.3. The first-order chi connectivity index (χ1) is 10.6. The van der Waals surface area contributed by atoms with Crippen LogP contribution in [-0.4, -0.2) is 38.3 Å². The van der Waals surface area contributed by atoms with Crippen LogP contribution in [0.4, 0.5) is 10.7 Å². The minimum atomic E-state index is -0.303. The second-order valence-electron chi connectivity index (χ2n) is 4.59. The first-order valence-corrected chi connectivity index (χ1v) is 7.89. The molecule has 0 aromatic carbocycles. The van der Waals surface area contributed by atoms with Crippen LogP contribution in [-0.2, 0) is 0 Å². The molecule has 0 unspecified atom stereocenters. The minimum Gasteiger partial charge on any atom is -0.338 e. The molecule has 2 N–H and O–H groups in total. The molecular weight excluding hydrogens is 300 g/mol. The Hall–Kier alpha value is -2.22. The zero-order valence-corrected chi connectivity index (χ0v) is 13.4. The predicted molar refractivity (Wildman–Crippen MR) is 85.9 cm³/mol. The Morgan fingerprint density at radius 2 is 1.86 bits per heavy atom. The van der Waals surface area contributed by atoms with Crippen molar-refractivity contribution in [2.75, 3.05) is 17.6 Å². The summed E-state index contributed by atoms with van der Waals surface area (Å²) in [5.41, 5.74) is 1.76. The van der Waals surface area contributed by atoms with Crippen molar-refractivity contribution >= 4 is 23.7 Å². The lowest BCUT2D eigenvalue weighted by molar-refractivity contribution is 0.252. The molecule has 0 saturated heterocycles. The Bertz CT molecular complexity index is 636. The summed E-state index contributed by atoms with van der Waals surface area (Å²) in [7, 11) is 0. The molecule has 0 aliphatic rings. The average Bonchev–Trinajstić information content (AvgIpc) is 2.47. The summed E-state index contributed by atoms with van der Waals surface area (Å²) in [6, 6.07) is 3.33. The Labute approximate surface area is 133 Å². The molecule has 7 nitrogen and oxygen atoms in total. The van der Waals surface area contributed by atoms with E-state index in [2.05, 4.69) is 30.6 Å². The van der Waals surface area contributed by atoms with Crippen LogP contribution in [0.2, 0.25) is 0 Å². The maximum absolute atomic E-state index is 11.7. The lowest BCUT2D eigenvalue weighted by Crippen LogP contribution is -2.30. The van der Waals surface area contributed by atoms with Gasteiger partial charge in [-0.15, -0.1) is 0 Å². The molecule has 116 valence electrons. The fourth-order valence-corrected chi connectivity index (χ4v) is 2.40. The smallest absolute Gasteiger partial charge is 0.321 e. The van der Waals surface area contributed by atoms with Crippen molar-refractivity contribution in [1.82, 2.24) is 25.3 Å². The number of hydrogen-bond donors (Lipinski definition) is 2. The van der Waals surface area contributed by atoms with E-state index in [9.17, 15) is 4.79 Å². The fraction of sp³-hybridized carbons (Fsp3) is 0.357. The molecule has 2 aromatic rings. The van der Waals surface area contributed by atoms with Gasteiger partial charge in [0.2, 0.25) is 5.95 Å². The molecule has 2 aromatic heterocycles. The van der Waals surface area contributed by atoms with E-state index in [-0.39, 0.29) is 6.03 Å². The molecule has 0 saturated carbocycles. The van der Waals surface area contributed by atoms with Gasteiger partial charge >= 0.3 is 6.03 Å². The van der Waals surface area contributed by atoms with Gasteiger partial charge in [-0.3, -0.25) is 5.32 Å². The summed E-state index contributed by atoms with van der Waals surface area (Å²) in [6.45, 7) is 4.34. The van der Waals surface area contributed by atoms with E-state index in [4.69, 9.17) is 0 Å². The van der Waals surface area contributed by atoms with E-state index >= 15 is 0 Å². The number of thioether (sulfide) groups is 1. The average molecular weight is 318 g/mol. The molecule has 2 heterocycles. The third kappa shape index (κ3) is 5.65. The Morgan fingerprint density at radius 3 is 2.59 bits per heavy atom. The van der Waals surface area contributed by atoms with Gasteiger partial charge in [0.15, 0.2) is 5.16 Å². The van der Waals surface area contributed by atoms with Crippen molar-refractivity contribution in [3.05, 3.63) is 35.9 Å². The molecule has 0 spiro atoms. The molecule has 0 atom stereocenters. The molecule has 0 bridgehead atoms. The molecule has 0 aliphatic carbocycles. The molecule has 22 heavy (non-hydrogen) atoms. The maximum Gasteiger partial charge on any atom is 0.321 e. The van der Waals surface area contributed by atoms with Gasteiger partial charge in [-0.1, -0.05) is 11.8 Å². The number of carbonyl (C=O) groups is 1. The van der Waals surface area contributed by atoms with Crippen LogP contribution in [0.25, 0.3) is 0 Å². The number of aryl methyl sites for hydroxylation is 2. The maximum atomic E-state index is 11.7. The highest BCUT2D eigenvalue weighted by atomic mass is 32.2. The predicted octanol–water partition coefficient (Wildman–Crippen LogP) is 2.19. The number of carbonyl (C=O) groups excluding carboxylic acids is 1. The number of aromatic nitrogens is 4. The molecule has 2 rings (SSSR count). The van der Waals surface area contributed by atoms with Gasteiger partial charge in [-0.05, 0) is 32.4 Å². The minimum absolute atomic E-state index is 0.303. The number of rotatable bonds is 6. The second kappa shape index (κ2) is 8.28. The first kappa shape index (κ1) is 16.2. The van der Waals surface area contributed by atoms with Crippen molar-refractivity contribution in [1.29, 1.82) is 0 Å². The third-order valence-corrected chi connectivity index (χ3v) is 3.58. The summed E-state index contributed by atoms with van der Waals surface area (Å²) in [5, 5.41) is 6.12. The van der Waals surface area contributed by atoms with Gasteiger partial charge in [0, 0.05) is 36.1 Å². The summed E-state index contributed by atoms with van der Waals surface area (Å²) in [6.07, 6.45) is 4.18. The van der Waals surface area contributed by atoms with Crippen LogP contribution in [0.5, 0.6) is 0 Å². The van der Waals surface area contributed by atoms with Gasteiger partial charge in [0.05, 0.1) is 0 Å². The molecular formula is C14H18N6OS. The van der Waals surface area contributed by atoms with Crippen LogP contribution in [0.3, 0.4) is 0 Å². The number of anilines is 1. The molecule has 0 radical (unpaired) electrons. The van der Waals surface area contributed by atoms with Gasteiger partial charge in [-0.2, -0.15) is 0 Å². The summed E-state index contributed by atoms with van der Waals surface area (Å²) in [4.78, 5) is 28.2.